The minimum absolute atomic E-state index is 0.0187. The van der Waals surface area contributed by atoms with Crippen LogP contribution in [0.3, 0.4) is 0 Å². The molecule has 0 saturated carbocycles. The van der Waals surface area contributed by atoms with Crippen LogP contribution in [-0.4, -0.2) is 33.7 Å². The summed E-state index contributed by atoms with van der Waals surface area (Å²) in [4.78, 5) is 14.7. The Morgan fingerprint density at radius 1 is 1.25 bits per heavy atom. The zero-order valence-electron chi connectivity index (χ0n) is 13.9. The number of hydrogen-bond acceptors (Lipinski definition) is 2. The van der Waals surface area contributed by atoms with E-state index >= 15 is 0 Å². The maximum atomic E-state index is 12.8. The predicted octanol–water partition coefficient (Wildman–Crippen LogP) is 4.42. The summed E-state index contributed by atoms with van der Waals surface area (Å²) in [6.45, 7) is 6.07. The molecule has 0 radical (unpaired) electrons. The van der Waals surface area contributed by atoms with Gasteiger partial charge in [0.05, 0.1) is 17.8 Å². The highest BCUT2D eigenvalue weighted by Gasteiger charge is 2.27. The Morgan fingerprint density at radius 3 is 2.58 bits per heavy atom. The molecule has 0 aliphatic carbocycles. The first-order valence-electron chi connectivity index (χ1n) is 8.23. The lowest BCUT2D eigenvalue weighted by Gasteiger charge is -2.30. The predicted molar refractivity (Wildman–Crippen MR) is 96.8 cm³/mol. The molecule has 1 fully saturated rings. The molecule has 1 aliphatic heterocycles. The summed E-state index contributed by atoms with van der Waals surface area (Å²) >= 11 is 12.7. The van der Waals surface area contributed by atoms with Crippen molar-refractivity contribution in [2.24, 2.45) is 5.92 Å². The van der Waals surface area contributed by atoms with Gasteiger partial charge in [-0.15, -0.1) is 0 Å². The molecule has 1 aromatic heterocycles. The highest BCUT2D eigenvalue weighted by atomic mass is 35.5. The molecule has 1 saturated heterocycles. The van der Waals surface area contributed by atoms with Gasteiger partial charge in [0.25, 0.3) is 5.91 Å². The number of nitrogens with zero attached hydrogens (tertiary/aromatic N) is 3. The number of benzene rings is 1. The Morgan fingerprint density at radius 2 is 1.92 bits per heavy atom. The summed E-state index contributed by atoms with van der Waals surface area (Å²) in [5.41, 5.74) is 2.10. The quantitative estimate of drug-likeness (QED) is 0.807. The molecule has 0 spiro atoms. The molecule has 2 aromatic rings. The van der Waals surface area contributed by atoms with E-state index in [4.69, 9.17) is 23.2 Å². The number of likely N-dealkylation sites (tertiary alicyclic amines) is 1. The van der Waals surface area contributed by atoms with Crippen LogP contribution in [0.4, 0.5) is 0 Å². The number of carbonyl (C=O) groups excluding carboxylic acids is 1. The van der Waals surface area contributed by atoms with Crippen LogP contribution in [0, 0.1) is 12.8 Å². The molecule has 2 heterocycles. The highest BCUT2D eigenvalue weighted by molar-refractivity contribution is 6.33. The number of aromatic nitrogens is 2. The maximum Gasteiger partial charge on any atom is 0.258 e. The lowest BCUT2D eigenvalue weighted by atomic mass is 9.99. The number of halogens is 2. The second kappa shape index (κ2) is 7.16. The Balaban J connectivity index is 1.84. The van der Waals surface area contributed by atoms with Crippen molar-refractivity contribution >= 4 is 29.1 Å². The minimum Gasteiger partial charge on any atom is -0.338 e. The summed E-state index contributed by atoms with van der Waals surface area (Å²) in [7, 11) is 0. The minimum atomic E-state index is -0.0187. The average Bonchev–Trinajstić information content (AvgIpc) is 2.84. The Kier molecular flexibility index (Phi) is 5.16. The van der Waals surface area contributed by atoms with E-state index in [9.17, 15) is 4.79 Å². The first-order chi connectivity index (χ1) is 11.5. The van der Waals surface area contributed by atoms with E-state index in [0.717, 1.165) is 31.5 Å². The zero-order chi connectivity index (χ0) is 17.3. The van der Waals surface area contributed by atoms with Gasteiger partial charge in [-0.25, -0.2) is 4.68 Å². The maximum absolute atomic E-state index is 12.8. The van der Waals surface area contributed by atoms with Crippen molar-refractivity contribution in [2.75, 3.05) is 13.1 Å². The van der Waals surface area contributed by atoms with Gasteiger partial charge in [-0.2, -0.15) is 5.10 Å². The van der Waals surface area contributed by atoms with Crippen LogP contribution in [0.25, 0.3) is 0 Å². The normalized spacial score (nSPS) is 15.8. The zero-order valence-corrected chi connectivity index (χ0v) is 15.4. The first kappa shape index (κ1) is 17.3. The van der Waals surface area contributed by atoms with Crippen molar-refractivity contribution in [1.82, 2.24) is 14.7 Å². The molecule has 4 nitrogen and oxygen atoms in total. The van der Waals surface area contributed by atoms with E-state index in [1.807, 2.05) is 36.1 Å². The van der Waals surface area contributed by atoms with Crippen molar-refractivity contribution in [2.45, 2.75) is 33.2 Å². The van der Waals surface area contributed by atoms with Gasteiger partial charge in [0, 0.05) is 18.1 Å². The van der Waals surface area contributed by atoms with Gasteiger partial charge in [0.1, 0.15) is 5.15 Å². The average molecular weight is 366 g/mol. The molecule has 0 bridgehead atoms. The molecule has 1 amide bonds. The van der Waals surface area contributed by atoms with E-state index in [2.05, 4.69) is 12.0 Å². The Labute approximate surface area is 152 Å². The fourth-order valence-electron chi connectivity index (χ4n) is 3.06. The second-order valence-corrected chi connectivity index (χ2v) is 7.24. The standard InChI is InChI=1S/C18H21Cl2N3O/c1-12-7-9-22(10-8-12)18(24)16-13(2)21-23(17(16)20)11-14-5-3-4-6-15(14)19/h3-6,12H,7-11H2,1-2H3. The van der Waals surface area contributed by atoms with Crippen LogP contribution >= 0.6 is 23.2 Å². The fraction of sp³-hybridized carbons (Fsp3) is 0.444. The lowest BCUT2D eigenvalue weighted by molar-refractivity contribution is 0.0696. The van der Waals surface area contributed by atoms with E-state index in [-0.39, 0.29) is 5.91 Å². The molecule has 0 unspecified atom stereocenters. The number of aryl methyl sites for hydroxylation is 1. The smallest absolute Gasteiger partial charge is 0.258 e. The third-order valence-corrected chi connectivity index (χ3v) is 5.38. The van der Waals surface area contributed by atoms with Crippen LogP contribution < -0.4 is 0 Å². The molecule has 0 N–H and O–H groups in total. The largest absolute Gasteiger partial charge is 0.338 e. The molecular formula is C18H21Cl2N3O. The van der Waals surface area contributed by atoms with E-state index < -0.39 is 0 Å². The SMILES string of the molecule is Cc1nn(Cc2ccccc2Cl)c(Cl)c1C(=O)N1CCC(C)CC1. The van der Waals surface area contributed by atoms with Crippen molar-refractivity contribution < 1.29 is 4.79 Å². The van der Waals surface area contributed by atoms with Crippen molar-refractivity contribution in [3.05, 3.63) is 51.3 Å². The van der Waals surface area contributed by atoms with Gasteiger partial charge in [-0.05, 0) is 37.3 Å². The number of carbonyl (C=O) groups is 1. The number of piperidine rings is 1. The van der Waals surface area contributed by atoms with Gasteiger partial charge in [0.15, 0.2) is 0 Å². The summed E-state index contributed by atoms with van der Waals surface area (Å²) in [6, 6.07) is 7.58. The third-order valence-electron chi connectivity index (χ3n) is 4.63. The summed E-state index contributed by atoms with van der Waals surface area (Å²) in [6.07, 6.45) is 2.08. The van der Waals surface area contributed by atoms with Gasteiger partial charge in [0.2, 0.25) is 0 Å². The Hall–Kier alpha value is -1.52. The Bertz CT molecular complexity index is 749. The molecule has 0 atom stereocenters. The third kappa shape index (κ3) is 3.45. The number of rotatable bonds is 3. The molecule has 1 aromatic carbocycles. The summed E-state index contributed by atoms with van der Waals surface area (Å²) in [5.74, 6) is 0.656. The van der Waals surface area contributed by atoms with E-state index in [1.165, 1.54) is 0 Å². The number of amides is 1. The highest BCUT2D eigenvalue weighted by Crippen LogP contribution is 2.26. The van der Waals surface area contributed by atoms with Gasteiger partial charge in [-0.3, -0.25) is 4.79 Å². The summed E-state index contributed by atoms with van der Waals surface area (Å²) < 4.78 is 1.65. The van der Waals surface area contributed by atoms with Crippen LogP contribution in [0.1, 0.15) is 41.4 Å². The molecular weight excluding hydrogens is 345 g/mol. The van der Waals surface area contributed by atoms with Crippen LogP contribution in [-0.2, 0) is 6.54 Å². The lowest BCUT2D eigenvalue weighted by Crippen LogP contribution is -2.38. The van der Waals surface area contributed by atoms with Crippen LogP contribution in [0.15, 0.2) is 24.3 Å². The van der Waals surface area contributed by atoms with Crippen LogP contribution in [0.2, 0.25) is 10.2 Å². The van der Waals surface area contributed by atoms with E-state index in [0.29, 0.717) is 33.9 Å². The van der Waals surface area contributed by atoms with Crippen molar-refractivity contribution in [3.63, 3.8) is 0 Å². The van der Waals surface area contributed by atoms with Gasteiger partial charge >= 0.3 is 0 Å². The van der Waals surface area contributed by atoms with Crippen LogP contribution in [0.5, 0.6) is 0 Å². The molecule has 3 rings (SSSR count). The van der Waals surface area contributed by atoms with E-state index in [1.54, 1.807) is 4.68 Å². The second-order valence-electron chi connectivity index (χ2n) is 6.48. The molecule has 128 valence electrons. The molecule has 6 heteroatoms. The van der Waals surface area contributed by atoms with Gasteiger partial charge in [-0.1, -0.05) is 48.3 Å². The van der Waals surface area contributed by atoms with Gasteiger partial charge < -0.3 is 4.90 Å². The van der Waals surface area contributed by atoms with Crippen molar-refractivity contribution in [3.8, 4) is 0 Å². The fourth-order valence-corrected chi connectivity index (χ4v) is 3.57. The molecule has 24 heavy (non-hydrogen) atoms. The number of hydrogen-bond donors (Lipinski definition) is 0. The summed E-state index contributed by atoms with van der Waals surface area (Å²) in [5, 5.41) is 5.51. The molecule has 1 aliphatic rings. The van der Waals surface area contributed by atoms with Crippen molar-refractivity contribution in [1.29, 1.82) is 0 Å². The topological polar surface area (TPSA) is 38.1 Å². The first-order valence-corrected chi connectivity index (χ1v) is 8.98. The monoisotopic (exact) mass is 365 g/mol.